The van der Waals surface area contributed by atoms with Gasteiger partial charge in [-0.05, 0) is 31.4 Å². The molecule has 126 valence electrons. The van der Waals surface area contributed by atoms with E-state index >= 15 is 0 Å². The highest BCUT2D eigenvalue weighted by molar-refractivity contribution is 8.00. The van der Waals surface area contributed by atoms with Crippen molar-refractivity contribution in [1.29, 1.82) is 0 Å². The molecule has 0 bridgehead atoms. The van der Waals surface area contributed by atoms with E-state index in [2.05, 4.69) is 17.6 Å². The first-order valence-electron chi connectivity index (χ1n) is 7.97. The van der Waals surface area contributed by atoms with Crippen LogP contribution in [0.25, 0.3) is 0 Å². The van der Waals surface area contributed by atoms with Crippen LogP contribution >= 0.6 is 11.8 Å². The van der Waals surface area contributed by atoms with Crippen LogP contribution in [0, 0.1) is 5.82 Å². The third kappa shape index (κ3) is 4.96. The van der Waals surface area contributed by atoms with Gasteiger partial charge in [0.25, 0.3) is 0 Å². The smallest absolute Gasteiger partial charge is 0.243 e. The number of hydrogen-bond acceptors (Lipinski definition) is 3. The Morgan fingerprint density at radius 2 is 2.22 bits per heavy atom. The lowest BCUT2D eigenvalue weighted by molar-refractivity contribution is -0.129. The fraction of sp³-hybridized carbons (Fsp3) is 0.529. The molecule has 1 saturated heterocycles. The van der Waals surface area contributed by atoms with Gasteiger partial charge >= 0.3 is 0 Å². The molecule has 3 atom stereocenters. The molecule has 1 aliphatic heterocycles. The predicted molar refractivity (Wildman–Crippen MR) is 90.8 cm³/mol. The van der Waals surface area contributed by atoms with Gasteiger partial charge in [0.05, 0.1) is 5.25 Å². The largest absolute Gasteiger partial charge is 0.352 e. The highest BCUT2D eigenvalue weighted by Gasteiger charge is 2.33. The summed E-state index contributed by atoms with van der Waals surface area (Å²) in [5, 5.41) is 5.32. The average Bonchev–Trinajstić information content (AvgIpc) is 2.51. The Hall–Kier alpha value is -1.56. The third-order valence-corrected chi connectivity index (χ3v) is 5.17. The number of carbonyl (C=O) groups is 2. The van der Waals surface area contributed by atoms with Crippen LogP contribution in [0.5, 0.6) is 0 Å². The Morgan fingerprint density at radius 1 is 1.48 bits per heavy atom. The maximum absolute atomic E-state index is 13.7. The highest BCUT2D eigenvalue weighted by atomic mass is 32.2. The molecule has 0 aromatic heterocycles. The van der Waals surface area contributed by atoms with Crippen molar-refractivity contribution >= 4 is 23.6 Å². The first-order valence-corrected chi connectivity index (χ1v) is 9.02. The van der Waals surface area contributed by atoms with Crippen molar-refractivity contribution in [2.24, 2.45) is 0 Å². The van der Waals surface area contributed by atoms with Crippen molar-refractivity contribution in [3.63, 3.8) is 0 Å². The number of thioether (sulfide) groups is 1. The van der Waals surface area contributed by atoms with E-state index in [9.17, 15) is 14.0 Å². The van der Waals surface area contributed by atoms with E-state index in [-0.39, 0.29) is 28.9 Å². The standard InChI is InChI=1S/C17H23FN2O2S/c1-3-6-11(2)19-16(21)14-10-23-15(17(22)20-14)9-12-7-4-5-8-13(12)18/h4-5,7-8,11,14-15H,3,6,9-10H2,1-2H3,(H,19,21)(H,20,22)/t11-,14+,15-/m0/s1. The van der Waals surface area contributed by atoms with Gasteiger partial charge in [-0.1, -0.05) is 31.5 Å². The van der Waals surface area contributed by atoms with Gasteiger partial charge in [-0.15, -0.1) is 11.8 Å². The van der Waals surface area contributed by atoms with Crippen molar-refractivity contribution in [2.75, 3.05) is 5.75 Å². The molecule has 1 aliphatic rings. The fourth-order valence-electron chi connectivity index (χ4n) is 2.60. The Balaban J connectivity index is 1.88. The monoisotopic (exact) mass is 338 g/mol. The van der Waals surface area contributed by atoms with Crippen molar-refractivity contribution in [1.82, 2.24) is 10.6 Å². The molecule has 1 heterocycles. The lowest BCUT2D eigenvalue weighted by atomic mass is 10.1. The van der Waals surface area contributed by atoms with Crippen LogP contribution in [0.4, 0.5) is 4.39 Å². The first-order chi connectivity index (χ1) is 11.0. The normalized spacial score (nSPS) is 22.3. The molecule has 23 heavy (non-hydrogen) atoms. The highest BCUT2D eigenvalue weighted by Crippen LogP contribution is 2.23. The minimum atomic E-state index is -0.510. The summed E-state index contributed by atoms with van der Waals surface area (Å²) in [6, 6.07) is 6.06. The van der Waals surface area contributed by atoms with Crippen molar-refractivity contribution in [2.45, 2.75) is 50.4 Å². The van der Waals surface area contributed by atoms with Crippen LogP contribution < -0.4 is 10.6 Å². The number of hydrogen-bond donors (Lipinski definition) is 2. The summed E-state index contributed by atoms with van der Waals surface area (Å²) >= 11 is 1.41. The Kier molecular flexibility index (Phi) is 6.45. The van der Waals surface area contributed by atoms with Gasteiger partial charge in [-0.3, -0.25) is 9.59 Å². The number of halogens is 1. The summed E-state index contributed by atoms with van der Waals surface area (Å²) in [5.74, 6) is -0.131. The van der Waals surface area contributed by atoms with E-state index < -0.39 is 6.04 Å². The molecule has 0 aliphatic carbocycles. The number of benzene rings is 1. The Bertz CT molecular complexity index is 567. The molecule has 4 nitrogen and oxygen atoms in total. The maximum atomic E-state index is 13.7. The summed E-state index contributed by atoms with van der Waals surface area (Å²) in [5.41, 5.74) is 0.527. The van der Waals surface area contributed by atoms with E-state index in [1.54, 1.807) is 18.2 Å². The zero-order valence-corrected chi connectivity index (χ0v) is 14.3. The van der Waals surface area contributed by atoms with Gasteiger partial charge < -0.3 is 10.6 Å². The number of amides is 2. The second kappa shape index (κ2) is 8.34. The van der Waals surface area contributed by atoms with Crippen LogP contribution in [-0.2, 0) is 16.0 Å². The van der Waals surface area contributed by atoms with Crippen LogP contribution in [0.15, 0.2) is 24.3 Å². The minimum Gasteiger partial charge on any atom is -0.352 e. The van der Waals surface area contributed by atoms with Crippen LogP contribution in [0.2, 0.25) is 0 Å². The maximum Gasteiger partial charge on any atom is 0.243 e. The molecule has 1 aromatic rings. The van der Waals surface area contributed by atoms with Gasteiger partial charge in [0, 0.05) is 11.8 Å². The van der Waals surface area contributed by atoms with Crippen molar-refractivity contribution < 1.29 is 14.0 Å². The van der Waals surface area contributed by atoms with Gasteiger partial charge in [0.2, 0.25) is 11.8 Å². The summed E-state index contributed by atoms with van der Waals surface area (Å²) in [6.07, 6.45) is 2.25. The summed E-state index contributed by atoms with van der Waals surface area (Å²) in [4.78, 5) is 24.4. The number of nitrogens with one attached hydrogen (secondary N) is 2. The molecule has 2 rings (SSSR count). The van der Waals surface area contributed by atoms with Crippen LogP contribution in [0.3, 0.4) is 0 Å². The minimum absolute atomic E-state index is 0.102. The molecular formula is C17H23FN2O2S. The third-order valence-electron chi connectivity index (χ3n) is 3.86. The topological polar surface area (TPSA) is 58.2 Å². The van der Waals surface area contributed by atoms with Gasteiger partial charge in [0.15, 0.2) is 0 Å². The van der Waals surface area contributed by atoms with Crippen LogP contribution in [-0.4, -0.2) is 34.9 Å². The summed E-state index contributed by atoms with van der Waals surface area (Å²) < 4.78 is 13.7. The zero-order chi connectivity index (χ0) is 16.8. The molecule has 0 spiro atoms. The van der Waals surface area contributed by atoms with Gasteiger partial charge in [-0.2, -0.15) is 0 Å². The molecule has 6 heteroatoms. The SMILES string of the molecule is CCC[C@H](C)NC(=O)[C@H]1CS[C@@H](Cc2ccccc2F)C(=O)N1. The quantitative estimate of drug-likeness (QED) is 0.837. The van der Waals surface area contributed by atoms with Crippen LogP contribution in [0.1, 0.15) is 32.3 Å². The average molecular weight is 338 g/mol. The summed E-state index contributed by atoms with van der Waals surface area (Å²) in [7, 11) is 0. The van der Waals surface area contributed by atoms with E-state index in [1.807, 2.05) is 6.92 Å². The zero-order valence-electron chi connectivity index (χ0n) is 13.5. The second-order valence-corrected chi connectivity index (χ2v) is 7.11. The predicted octanol–water partition coefficient (Wildman–Crippen LogP) is 2.27. The molecular weight excluding hydrogens is 315 g/mol. The van der Waals surface area contributed by atoms with E-state index in [0.717, 1.165) is 12.8 Å². The number of rotatable bonds is 6. The lowest BCUT2D eigenvalue weighted by Gasteiger charge is -2.29. The molecule has 0 unspecified atom stereocenters. The van der Waals surface area contributed by atoms with Crippen molar-refractivity contribution in [3.05, 3.63) is 35.6 Å². The molecule has 0 radical (unpaired) electrons. The van der Waals surface area contributed by atoms with E-state index in [4.69, 9.17) is 0 Å². The molecule has 1 aromatic carbocycles. The molecule has 2 amide bonds. The Labute approximate surface area is 140 Å². The van der Waals surface area contributed by atoms with E-state index in [1.165, 1.54) is 17.8 Å². The first kappa shape index (κ1) is 17.8. The van der Waals surface area contributed by atoms with Gasteiger partial charge in [-0.25, -0.2) is 4.39 Å². The number of carbonyl (C=O) groups excluding carboxylic acids is 2. The molecule has 1 fully saturated rings. The Morgan fingerprint density at radius 3 is 2.87 bits per heavy atom. The summed E-state index contributed by atoms with van der Waals surface area (Å²) in [6.45, 7) is 4.02. The van der Waals surface area contributed by atoms with Gasteiger partial charge in [0.1, 0.15) is 11.9 Å². The fourth-order valence-corrected chi connectivity index (χ4v) is 3.78. The van der Waals surface area contributed by atoms with E-state index in [0.29, 0.717) is 17.7 Å². The lowest BCUT2D eigenvalue weighted by Crippen LogP contribution is -2.55. The molecule has 0 saturated carbocycles. The van der Waals surface area contributed by atoms with Crippen molar-refractivity contribution in [3.8, 4) is 0 Å². The second-order valence-electron chi connectivity index (χ2n) is 5.88. The molecule has 2 N–H and O–H groups in total.